The Morgan fingerprint density at radius 2 is 1.86 bits per heavy atom. The van der Waals surface area contributed by atoms with Crippen LogP contribution in [-0.4, -0.2) is 56.7 Å². The molecule has 2 N–H and O–H groups in total. The van der Waals surface area contributed by atoms with Crippen LogP contribution in [0.5, 0.6) is 0 Å². The van der Waals surface area contributed by atoms with Crippen LogP contribution in [0.1, 0.15) is 48.5 Å². The summed E-state index contributed by atoms with van der Waals surface area (Å²) in [6.45, 7) is 13.8. The zero-order chi connectivity index (χ0) is 17.3. The summed E-state index contributed by atoms with van der Waals surface area (Å²) in [5, 5.41) is 9.74. The lowest BCUT2D eigenvalue weighted by Crippen LogP contribution is -2.68. The number of carbonyl (C=O) groups excluding carboxylic acids is 1. The van der Waals surface area contributed by atoms with Gasteiger partial charge in [0.05, 0.1) is 12.6 Å². The van der Waals surface area contributed by atoms with Gasteiger partial charge in [0.15, 0.2) is 0 Å². The van der Waals surface area contributed by atoms with Gasteiger partial charge in [-0.2, -0.15) is 0 Å². The number of hydrogen-bond donors (Lipinski definition) is 2. The third kappa shape index (κ3) is 4.75. The highest BCUT2D eigenvalue weighted by atomic mass is 32.2. The lowest BCUT2D eigenvalue weighted by atomic mass is 9.75. The predicted octanol–water partition coefficient (Wildman–Crippen LogP) is 1.66. The molecule has 130 valence electrons. The van der Waals surface area contributed by atoms with Crippen molar-refractivity contribution in [1.29, 1.82) is 0 Å². The number of carbonyl (C=O) groups is 1. The van der Waals surface area contributed by atoms with E-state index in [0.717, 1.165) is 0 Å². The largest absolute Gasteiger partial charge is 0.598 e. The summed E-state index contributed by atoms with van der Waals surface area (Å²) >= 11 is -1.22. The molecular formula is C15H30N2O4S. The molecule has 2 atom stereocenters. The lowest BCUT2D eigenvalue weighted by molar-refractivity contribution is -0.0673. The summed E-state index contributed by atoms with van der Waals surface area (Å²) in [4.78, 5) is 13.6. The fourth-order valence-corrected chi connectivity index (χ4v) is 3.07. The maximum Gasteiger partial charge on any atom is 0.410 e. The third-order valence-corrected chi connectivity index (χ3v) is 5.42. The first-order valence-electron chi connectivity index (χ1n) is 7.57. The molecule has 1 amide bonds. The molecule has 7 heteroatoms. The van der Waals surface area contributed by atoms with Crippen LogP contribution < -0.4 is 4.72 Å². The quantitative estimate of drug-likeness (QED) is 0.764. The van der Waals surface area contributed by atoms with E-state index in [1.807, 2.05) is 48.5 Å². The number of aliphatic hydroxyl groups is 1. The molecular weight excluding hydrogens is 304 g/mol. The molecule has 1 aliphatic rings. The molecule has 22 heavy (non-hydrogen) atoms. The Kier molecular flexibility index (Phi) is 5.82. The molecule has 0 bridgehead atoms. The van der Waals surface area contributed by atoms with Crippen molar-refractivity contribution in [2.45, 2.75) is 64.9 Å². The monoisotopic (exact) mass is 334 g/mol. The molecule has 1 fully saturated rings. The van der Waals surface area contributed by atoms with Crippen LogP contribution in [0, 0.1) is 5.41 Å². The second-order valence-corrected chi connectivity index (χ2v) is 10.1. The molecule has 1 heterocycles. The highest BCUT2D eigenvalue weighted by Crippen LogP contribution is 2.35. The molecule has 0 aliphatic carbocycles. The Morgan fingerprint density at radius 3 is 2.23 bits per heavy atom. The van der Waals surface area contributed by atoms with Crippen LogP contribution in [0.2, 0.25) is 0 Å². The molecule has 1 saturated heterocycles. The van der Waals surface area contributed by atoms with Crippen molar-refractivity contribution >= 4 is 17.5 Å². The normalized spacial score (nSPS) is 21.0. The van der Waals surface area contributed by atoms with Crippen LogP contribution in [0.15, 0.2) is 0 Å². The molecule has 6 nitrogen and oxygen atoms in total. The fourth-order valence-electron chi connectivity index (χ4n) is 2.14. The number of likely N-dealkylation sites (tertiary alicyclic amines) is 1. The van der Waals surface area contributed by atoms with Gasteiger partial charge in [-0.1, -0.05) is 0 Å². The summed E-state index contributed by atoms with van der Waals surface area (Å²) in [6.07, 6.45) is -0.374. The number of nitrogens with one attached hydrogen (secondary N) is 1. The SMILES string of the molecule is C[C@H](N[S@+]([O-])C(C)(C)C)C1(CO)CN(C(=O)OC(C)(C)C)C1. The molecule has 0 unspecified atom stereocenters. The number of aliphatic hydroxyl groups excluding tert-OH is 1. The van der Waals surface area contributed by atoms with Crippen molar-refractivity contribution in [2.75, 3.05) is 19.7 Å². The molecule has 0 saturated carbocycles. The predicted molar refractivity (Wildman–Crippen MR) is 87.8 cm³/mol. The van der Waals surface area contributed by atoms with Crippen molar-refractivity contribution in [1.82, 2.24) is 9.62 Å². The van der Waals surface area contributed by atoms with E-state index in [-0.39, 0.29) is 23.5 Å². The van der Waals surface area contributed by atoms with Gasteiger partial charge in [-0.05, 0) is 48.5 Å². The van der Waals surface area contributed by atoms with Crippen molar-refractivity contribution < 1.29 is 19.2 Å². The Balaban J connectivity index is 2.61. The zero-order valence-electron chi connectivity index (χ0n) is 14.7. The van der Waals surface area contributed by atoms with Gasteiger partial charge >= 0.3 is 6.09 Å². The van der Waals surface area contributed by atoms with E-state index in [0.29, 0.717) is 13.1 Å². The third-order valence-electron chi connectivity index (χ3n) is 3.74. The first-order chi connectivity index (χ1) is 9.81. The number of rotatable bonds is 4. The minimum absolute atomic E-state index is 0.0677. The minimum atomic E-state index is -1.22. The summed E-state index contributed by atoms with van der Waals surface area (Å²) in [5.74, 6) is 0. The highest BCUT2D eigenvalue weighted by molar-refractivity contribution is 7.90. The Morgan fingerprint density at radius 1 is 1.36 bits per heavy atom. The van der Waals surface area contributed by atoms with E-state index >= 15 is 0 Å². The standard InChI is InChI=1S/C15H30N2O4S/c1-11(16-22(20)14(5,6)7)15(10-18)8-17(9-15)12(19)21-13(2,3)4/h11,16,18H,8-10H2,1-7H3/t11-,22+/m0/s1. The topological polar surface area (TPSA) is 84.9 Å². The first-order valence-corrected chi connectivity index (χ1v) is 8.72. The van der Waals surface area contributed by atoms with Crippen LogP contribution >= 0.6 is 0 Å². The van der Waals surface area contributed by atoms with Crippen molar-refractivity contribution in [2.24, 2.45) is 5.41 Å². The molecule has 0 radical (unpaired) electrons. The minimum Gasteiger partial charge on any atom is -0.598 e. The average Bonchev–Trinajstić information content (AvgIpc) is 2.24. The van der Waals surface area contributed by atoms with Gasteiger partial charge in [0.2, 0.25) is 0 Å². The Bertz CT molecular complexity index is 397. The maximum absolute atomic E-state index is 12.2. The second-order valence-electron chi connectivity index (χ2n) is 8.08. The second kappa shape index (κ2) is 6.55. The number of amides is 1. The fraction of sp³-hybridized carbons (Fsp3) is 0.933. The zero-order valence-corrected chi connectivity index (χ0v) is 15.5. The summed E-state index contributed by atoms with van der Waals surface area (Å²) < 4.78 is 20.2. The van der Waals surface area contributed by atoms with Gasteiger partial charge in [-0.3, -0.25) is 0 Å². The van der Waals surface area contributed by atoms with Crippen LogP contribution in [0.3, 0.4) is 0 Å². The van der Waals surface area contributed by atoms with Crippen molar-refractivity contribution in [3.05, 3.63) is 0 Å². The number of ether oxygens (including phenoxy) is 1. The van der Waals surface area contributed by atoms with Gasteiger partial charge in [-0.15, -0.1) is 4.72 Å². The van der Waals surface area contributed by atoms with E-state index < -0.39 is 22.4 Å². The number of nitrogens with zero attached hydrogens (tertiary/aromatic N) is 1. The molecule has 0 aromatic rings. The lowest BCUT2D eigenvalue weighted by Gasteiger charge is -2.52. The van der Waals surface area contributed by atoms with Gasteiger partial charge < -0.3 is 19.3 Å². The summed E-state index contributed by atoms with van der Waals surface area (Å²) in [5.41, 5.74) is -1.01. The van der Waals surface area contributed by atoms with Gasteiger partial charge in [-0.25, -0.2) is 4.79 Å². The Hall–Kier alpha value is -0.500. The van der Waals surface area contributed by atoms with Crippen LogP contribution in [0.4, 0.5) is 4.79 Å². The van der Waals surface area contributed by atoms with Gasteiger partial charge in [0, 0.05) is 29.9 Å². The highest BCUT2D eigenvalue weighted by Gasteiger charge is 2.51. The first kappa shape index (κ1) is 19.5. The molecule has 0 aromatic carbocycles. The van der Waals surface area contributed by atoms with E-state index in [4.69, 9.17) is 4.74 Å². The van der Waals surface area contributed by atoms with Gasteiger partial charge in [0.1, 0.15) is 10.3 Å². The van der Waals surface area contributed by atoms with Gasteiger partial charge in [0.25, 0.3) is 0 Å². The molecule has 0 aromatic heterocycles. The molecule has 0 spiro atoms. The summed E-state index contributed by atoms with van der Waals surface area (Å²) in [7, 11) is 0. The maximum atomic E-state index is 12.2. The van der Waals surface area contributed by atoms with Crippen LogP contribution in [0.25, 0.3) is 0 Å². The smallest absolute Gasteiger partial charge is 0.410 e. The number of hydrogen-bond acceptors (Lipinski definition) is 5. The van der Waals surface area contributed by atoms with E-state index in [2.05, 4.69) is 4.72 Å². The van der Waals surface area contributed by atoms with E-state index in [9.17, 15) is 14.5 Å². The summed E-state index contributed by atoms with van der Waals surface area (Å²) in [6, 6.07) is -0.170. The van der Waals surface area contributed by atoms with Crippen LogP contribution in [-0.2, 0) is 16.1 Å². The van der Waals surface area contributed by atoms with Crippen molar-refractivity contribution in [3.8, 4) is 0 Å². The van der Waals surface area contributed by atoms with E-state index in [1.165, 1.54) is 0 Å². The average molecular weight is 334 g/mol. The Labute approximate surface area is 136 Å². The molecule has 1 aliphatic heterocycles. The molecule has 1 rings (SSSR count). The van der Waals surface area contributed by atoms with Crippen molar-refractivity contribution in [3.63, 3.8) is 0 Å². The van der Waals surface area contributed by atoms with E-state index in [1.54, 1.807) is 4.90 Å².